The number of ether oxygens (including phenoxy) is 2. The molecule has 6 nitrogen and oxygen atoms in total. The zero-order valence-electron chi connectivity index (χ0n) is 14.9. The molecular formula is C19H18F2N2O4. The lowest BCUT2D eigenvalue weighted by molar-refractivity contribution is -0.114. The smallest absolute Gasteiger partial charge is 0.248 e. The summed E-state index contributed by atoms with van der Waals surface area (Å²) < 4.78 is 37.8. The molecule has 0 aliphatic carbocycles. The Kier molecular flexibility index (Phi) is 6.48. The molecule has 0 unspecified atom stereocenters. The van der Waals surface area contributed by atoms with Gasteiger partial charge in [0, 0.05) is 30.7 Å². The molecule has 2 aromatic rings. The number of hydrogen-bond acceptors (Lipinski definition) is 4. The van der Waals surface area contributed by atoms with E-state index in [1.807, 2.05) is 0 Å². The van der Waals surface area contributed by atoms with Gasteiger partial charge in [-0.15, -0.1) is 0 Å². The third-order valence-electron chi connectivity index (χ3n) is 3.48. The summed E-state index contributed by atoms with van der Waals surface area (Å²) in [6.07, 6.45) is 2.65. The minimum absolute atomic E-state index is 0.236. The number of anilines is 2. The van der Waals surface area contributed by atoms with Crippen LogP contribution >= 0.6 is 0 Å². The molecule has 0 bridgehead atoms. The highest BCUT2D eigenvalue weighted by atomic mass is 19.1. The molecule has 0 fully saturated rings. The molecule has 2 aromatic carbocycles. The zero-order chi connectivity index (χ0) is 20.0. The number of hydrogen-bond donors (Lipinski definition) is 2. The number of nitrogens with one attached hydrogen (secondary N) is 2. The number of amides is 2. The monoisotopic (exact) mass is 376 g/mol. The van der Waals surface area contributed by atoms with Crippen LogP contribution in [0, 0.1) is 11.6 Å². The van der Waals surface area contributed by atoms with Gasteiger partial charge in [-0.05, 0) is 24.3 Å². The molecule has 0 saturated carbocycles. The number of carbonyl (C=O) groups excluding carboxylic acids is 2. The van der Waals surface area contributed by atoms with Crippen molar-refractivity contribution >= 4 is 29.3 Å². The van der Waals surface area contributed by atoms with Gasteiger partial charge in [-0.25, -0.2) is 8.78 Å². The largest absolute Gasteiger partial charge is 0.497 e. The van der Waals surface area contributed by atoms with Gasteiger partial charge in [0.1, 0.15) is 23.1 Å². The minimum Gasteiger partial charge on any atom is -0.497 e. The number of benzene rings is 2. The van der Waals surface area contributed by atoms with E-state index in [1.54, 1.807) is 18.2 Å². The van der Waals surface area contributed by atoms with E-state index >= 15 is 0 Å². The van der Waals surface area contributed by atoms with Crippen LogP contribution < -0.4 is 20.1 Å². The Balaban J connectivity index is 2.18. The fourth-order valence-corrected chi connectivity index (χ4v) is 2.23. The molecule has 0 atom stereocenters. The molecule has 0 aliphatic rings. The van der Waals surface area contributed by atoms with Crippen LogP contribution in [0.25, 0.3) is 6.08 Å². The lowest BCUT2D eigenvalue weighted by Gasteiger charge is -2.09. The van der Waals surface area contributed by atoms with E-state index in [9.17, 15) is 18.4 Å². The molecule has 8 heteroatoms. The molecule has 0 saturated heterocycles. The van der Waals surface area contributed by atoms with Gasteiger partial charge < -0.3 is 20.1 Å². The average Bonchev–Trinajstić information content (AvgIpc) is 2.63. The summed E-state index contributed by atoms with van der Waals surface area (Å²) in [6.45, 7) is 1.19. The van der Waals surface area contributed by atoms with Crippen LogP contribution in [0.15, 0.2) is 36.4 Å². The molecular weight excluding hydrogens is 358 g/mol. The van der Waals surface area contributed by atoms with Gasteiger partial charge in [0.2, 0.25) is 11.8 Å². The van der Waals surface area contributed by atoms with Crippen LogP contribution in [0.5, 0.6) is 11.5 Å². The summed E-state index contributed by atoms with van der Waals surface area (Å²) in [5.74, 6) is -2.01. The summed E-state index contributed by atoms with van der Waals surface area (Å²) in [4.78, 5) is 23.1. The third-order valence-corrected chi connectivity index (χ3v) is 3.48. The van der Waals surface area contributed by atoms with Gasteiger partial charge in [-0.2, -0.15) is 0 Å². The standard InChI is InChI=1S/C19H18F2N2O4/c1-11(24)22-16-10-17(15(21)9-14(16)20)23-19(25)7-5-12-4-6-13(26-2)8-18(12)27-3/h4-10H,1-3H3,(H,22,24)(H,23,25)/b7-5+. The van der Waals surface area contributed by atoms with Crippen molar-refractivity contribution in [3.8, 4) is 11.5 Å². The maximum absolute atomic E-state index is 13.9. The summed E-state index contributed by atoms with van der Waals surface area (Å²) in [7, 11) is 2.99. The Hall–Kier alpha value is -3.42. The first-order valence-electron chi connectivity index (χ1n) is 7.81. The second kappa shape index (κ2) is 8.79. The van der Waals surface area contributed by atoms with Crippen molar-refractivity contribution < 1.29 is 27.8 Å². The maximum Gasteiger partial charge on any atom is 0.248 e. The van der Waals surface area contributed by atoms with Crippen molar-refractivity contribution in [2.45, 2.75) is 6.92 Å². The third kappa shape index (κ3) is 5.27. The minimum atomic E-state index is -0.967. The van der Waals surface area contributed by atoms with Gasteiger partial charge in [0.05, 0.1) is 25.6 Å². The van der Waals surface area contributed by atoms with Crippen LogP contribution in [0.3, 0.4) is 0 Å². The summed E-state index contributed by atoms with van der Waals surface area (Å²) in [5.41, 5.74) is 0.100. The van der Waals surface area contributed by atoms with Crippen molar-refractivity contribution in [2.75, 3.05) is 24.9 Å². The average molecular weight is 376 g/mol. The Labute approximate surface area is 154 Å². The van der Waals surface area contributed by atoms with Crippen molar-refractivity contribution in [1.82, 2.24) is 0 Å². The van der Waals surface area contributed by atoms with Crippen molar-refractivity contribution in [3.05, 3.63) is 53.6 Å². The zero-order valence-corrected chi connectivity index (χ0v) is 14.9. The second-order valence-electron chi connectivity index (χ2n) is 5.42. The number of halogens is 2. The molecule has 0 aliphatic heterocycles. The van der Waals surface area contributed by atoms with Crippen LogP contribution in [-0.4, -0.2) is 26.0 Å². The van der Waals surface area contributed by atoms with E-state index in [0.717, 1.165) is 6.07 Å². The fourth-order valence-electron chi connectivity index (χ4n) is 2.23. The SMILES string of the molecule is COc1ccc(/C=C/C(=O)Nc2cc(NC(C)=O)c(F)cc2F)c(OC)c1. The van der Waals surface area contributed by atoms with Crippen molar-refractivity contribution in [2.24, 2.45) is 0 Å². The Morgan fingerprint density at radius 3 is 2.22 bits per heavy atom. The first-order chi connectivity index (χ1) is 12.8. The molecule has 0 aromatic heterocycles. The van der Waals surface area contributed by atoms with Gasteiger partial charge in [0.25, 0.3) is 0 Å². The number of carbonyl (C=O) groups is 2. The predicted molar refractivity (Wildman–Crippen MR) is 97.9 cm³/mol. The predicted octanol–water partition coefficient (Wildman–Crippen LogP) is 3.59. The van der Waals surface area contributed by atoms with Gasteiger partial charge >= 0.3 is 0 Å². The van der Waals surface area contributed by atoms with Crippen LogP contribution in [0.2, 0.25) is 0 Å². The topological polar surface area (TPSA) is 76.7 Å². The van der Waals surface area contributed by atoms with E-state index in [2.05, 4.69) is 10.6 Å². The van der Waals surface area contributed by atoms with E-state index in [0.29, 0.717) is 23.1 Å². The van der Waals surface area contributed by atoms with E-state index < -0.39 is 23.4 Å². The highest BCUT2D eigenvalue weighted by Crippen LogP contribution is 2.26. The molecule has 2 amide bonds. The molecule has 142 valence electrons. The maximum atomic E-state index is 13.9. The van der Waals surface area contributed by atoms with Crippen molar-refractivity contribution in [3.63, 3.8) is 0 Å². The summed E-state index contributed by atoms with van der Waals surface area (Å²) in [6, 6.07) is 6.62. The quantitative estimate of drug-likeness (QED) is 0.756. The molecule has 2 rings (SSSR count). The molecule has 27 heavy (non-hydrogen) atoms. The van der Waals surface area contributed by atoms with E-state index in [4.69, 9.17) is 9.47 Å². The second-order valence-corrected chi connectivity index (χ2v) is 5.42. The molecule has 0 spiro atoms. The van der Waals surface area contributed by atoms with Gasteiger partial charge in [0.15, 0.2) is 0 Å². The molecule has 0 radical (unpaired) electrons. The van der Waals surface area contributed by atoms with E-state index in [1.165, 1.54) is 33.3 Å². The highest BCUT2D eigenvalue weighted by Gasteiger charge is 2.12. The number of rotatable bonds is 6. The van der Waals surface area contributed by atoms with E-state index in [-0.39, 0.29) is 11.4 Å². The van der Waals surface area contributed by atoms with Crippen molar-refractivity contribution in [1.29, 1.82) is 0 Å². The first-order valence-corrected chi connectivity index (χ1v) is 7.81. The Bertz CT molecular complexity index is 898. The lowest BCUT2D eigenvalue weighted by Crippen LogP contribution is -2.12. The Morgan fingerprint density at radius 1 is 0.963 bits per heavy atom. The fraction of sp³-hybridized carbons (Fsp3) is 0.158. The summed E-state index contributed by atoms with van der Waals surface area (Å²) >= 11 is 0. The normalized spacial score (nSPS) is 10.6. The highest BCUT2D eigenvalue weighted by molar-refractivity contribution is 6.02. The Morgan fingerprint density at radius 2 is 1.63 bits per heavy atom. The van der Waals surface area contributed by atoms with Crippen LogP contribution in [0.4, 0.5) is 20.2 Å². The van der Waals surface area contributed by atoms with Gasteiger partial charge in [-0.3, -0.25) is 9.59 Å². The van der Waals surface area contributed by atoms with Crippen LogP contribution in [-0.2, 0) is 9.59 Å². The molecule has 0 heterocycles. The van der Waals surface area contributed by atoms with Crippen LogP contribution in [0.1, 0.15) is 12.5 Å². The number of methoxy groups -OCH3 is 2. The first kappa shape index (κ1) is 19.9. The summed E-state index contributed by atoms with van der Waals surface area (Å²) in [5, 5.41) is 4.52. The van der Waals surface area contributed by atoms with Gasteiger partial charge in [-0.1, -0.05) is 0 Å². The molecule has 2 N–H and O–H groups in total. The lowest BCUT2D eigenvalue weighted by atomic mass is 10.1.